The van der Waals surface area contributed by atoms with Crippen LogP contribution in [0.2, 0.25) is 0 Å². The Labute approximate surface area is 136 Å². The molecule has 100 valence electrons. The first-order valence-corrected chi connectivity index (χ1v) is 8.16. The van der Waals surface area contributed by atoms with Gasteiger partial charge in [-0.1, -0.05) is 105 Å². The summed E-state index contributed by atoms with van der Waals surface area (Å²) in [5.74, 6) is 0. The Hall–Kier alpha value is -1.12. The zero-order chi connectivity index (χ0) is 14.0. The fraction of sp³-hybridized carbons (Fsp3) is 0.111. The molecule has 0 unspecified atom stereocenters. The highest BCUT2D eigenvalue weighted by Gasteiger charge is 2.20. The molecule has 0 fully saturated rings. The maximum Gasteiger partial charge on any atom is 0.102 e. The van der Waals surface area contributed by atoms with Gasteiger partial charge in [0.2, 0.25) is 0 Å². The van der Waals surface area contributed by atoms with Crippen LogP contribution >= 0.6 is 31.9 Å². The van der Waals surface area contributed by atoms with E-state index in [-0.39, 0.29) is 3.23 Å². The van der Waals surface area contributed by atoms with Crippen LogP contribution < -0.4 is 0 Å². The van der Waals surface area contributed by atoms with Crippen LogP contribution in [0.25, 0.3) is 16.7 Å². The van der Waals surface area contributed by atoms with Gasteiger partial charge in [0.15, 0.2) is 0 Å². The van der Waals surface area contributed by atoms with Crippen LogP contribution in [0.3, 0.4) is 0 Å². The fourth-order valence-electron chi connectivity index (χ4n) is 2.29. The second-order valence-corrected chi connectivity index (χ2v) is 8.80. The van der Waals surface area contributed by atoms with Gasteiger partial charge in [-0.2, -0.15) is 0 Å². The van der Waals surface area contributed by atoms with E-state index < -0.39 is 0 Å². The topological polar surface area (TPSA) is 0 Å². The van der Waals surface area contributed by atoms with E-state index in [1.165, 1.54) is 22.3 Å². The van der Waals surface area contributed by atoms with Gasteiger partial charge in [0.05, 0.1) is 0 Å². The molecule has 1 aliphatic rings. The molecule has 0 atom stereocenters. The van der Waals surface area contributed by atoms with Gasteiger partial charge in [-0.15, -0.1) is 0 Å². The highest BCUT2D eigenvalue weighted by molar-refractivity contribution is 9.25. The molecule has 0 aromatic heterocycles. The summed E-state index contributed by atoms with van der Waals surface area (Å²) in [6.07, 6.45) is 7.50. The molecule has 0 radical (unpaired) electrons. The van der Waals surface area contributed by atoms with Crippen LogP contribution in [0.15, 0.2) is 72.8 Å². The van der Waals surface area contributed by atoms with E-state index in [1.54, 1.807) is 0 Å². The van der Waals surface area contributed by atoms with Crippen molar-refractivity contribution >= 4 is 37.4 Å². The van der Waals surface area contributed by atoms with Crippen LogP contribution in [-0.4, -0.2) is 3.23 Å². The molecule has 3 rings (SSSR count). The predicted molar refractivity (Wildman–Crippen MR) is 94.2 cm³/mol. The number of allylic oxidation sites excluding steroid dienone is 4. The lowest BCUT2D eigenvalue weighted by Gasteiger charge is -2.19. The van der Waals surface area contributed by atoms with Crippen LogP contribution in [0.4, 0.5) is 0 Å². The quantitative estimate of drug-likeness (QED) is 0.537. The third kappa shape index (κ3) is 3.13. The van der Waals surface area contributed by atoms with Crippen molar-refractivity contribution < 1.29 is 0 Å². The van der Waals surface area contributed by atoms with Gasteiger partial charge in [-0.05, 0) is 28.7 Å². The molecule has 2 heteroatoms. The zero-order valence-corrected chi connectivity index (χ0v) is 14.1. The molecule has 0 bridgehead atoms. The van der Waals surface area contributed by atoms with Gasteiger partial charge in [0.1, 0.15) is 3.23 Å². The van der Waals surface area contributed by atoms with Crippen molar-refractivity contribution in [2.24, 2.45) is 0 Å². The van der Waals surface area contributed by atoms with E-state index in [4.69, 9.17) is 0 Å². The molecule has 2 aromatic carbocycles. The molecule has 0 spiro atoms. The Kier molecular flexibility index (Phi) is 3.95. The first-order chi connectivity index (χ1) is 9.64. The number of hydrogen-bond acceptors (Lipinski definition) is 0. The van der Waals surface area contributed by atoms with Crippen LogP contribution in [0.1, 0.15) is 12.0 Å². The van der Waals surface area contributed by atoms with E-state index in [1.807, 2.05) is 6.07 Å². The molecular weight excluding hydrogens is 376 g/mol. The maximum absolute atomic E-state index is 3.62. The van der Waals surface area contributed by atoms with E-state index in [9.17, 15) is 0 Å². The third-order valence-corrected chi connectivity index (χ3v) is 4.60. The van der Waals surface area contributed by atoms with Crippen molar-refractivity contribution in [1.29, 1.82) is 0 Å². The Balaban J connectivity index is 1.85. The minimum Gasteiger partial charge on any atom is -0.0741 e. The van der Waals surface area contributed by atoms with Gasteiger partial charge < -0.3 is 0 Å². The minimum atomic E-state index is -0.0759. The summed E-state index contributed by atoms with van der Waals surface area (Å²) in [6, 6.07) is 19.2. The molecule has 0 saturated carbocycles. The summed E-state index contributed by atoms with van der Waals surface area (Å²) in [6.45, 7) is 0. The lowest BCUT2D eigenvalue weighted by Crippen LogP contribution is -2.08. The molecule has 2 aromatic rings. The van der Waals surface area contributed by atoms with Crippen LogP contribution in [0, 0.1) is 0 Å². The Morgan fingerprint density at radius 3 is 1.95 bits per heavy atom. The van der Waals surface area contributed by atoms with Crippen molar-refractivity contribution in [3.05, 3.63) is 78.4 Å². The highest BCUT2D eigenvalue weighted by Crippen LogP contribution is 2.38. The lowest BCUT2D eigenvalue weighted by atomic mass is 9.97. The van der Waals surface area contributed by atoms with Gasteiger partial charge >= 0.3 is 0 Å². The Morgan fingerprint density at radius 1 is 0.750 bits per heavy atom. The fourth-order valence-corrected chi connectivity index (χ4v) is 2.88. The predicted octanol–water partition coefficient (Wildman–Crippen LogP) is 6.18. The maximum atomic E-state index is 3.62. The summed E-state index contributed by atoms with van der Waals surface area (Å²) in [5, 5.41) is 0. The number of alkyl halides is 2. The molecule has 0 heterocycles. The summed E-state index contributed by atoms with van der Waals surface area (Å²) < 4.78 is -0.0759. The smallest absolute Gasteiger partial charge is 0.0741 e. The first kappa shape index (κ1) is 13.8. The van der Waals surface area contributed by atoms with E-state index in [0.717, 1.165) is 6.42 Å². The van der Waals surface area contributed by atoms with Crippen molar-refractivity contribution in [1.82, 2.24) is 0 Å². The average molecular weight is 390 g/mol. The molecule has 0 amide bonds. The first-order valence-electron chi connectivity index (χ1n) is 6.57. The Bertz CT molecular complexity index is 650. The standard InChI is InChI=1S/C18H14Br2/c19-18(20)12-10-17(11-13-18)16-8-6-15(7-9-16)14-4-2-1-3-5-14/h1-12H,13H2. The average Bonchev–Trinajstić information content (AvgIpc) is 2.48. The van der Waals surface area contributed by atoms with Crippen molar-refractivity contribution in [2.45, 2.75) is 9.65 Å². The van der Waals surface area contributed by atoms with Crippen molar-refractivity contribution in [3.63, 3.8) is 0 Å². The summed E-state index contributed by atoms with van der Waals surface area (Å²) in [7, 11) is 0. The highest BCUT2D eigenvalue weighted by atomic mass is 79.9. The van der Waals surface area contributed by atoms with Crippen LogP contribution in [-0.2, 0) is 0 Å². The third-order valence-electron chi connectivity index (χ3n) is 3.43. The second kappa shape index (κ2) is 5.71. The SMILES string of the molecule is BrC1(Br)C=CC(c2ccc(-c3ccccc3)cc2)=CC1. The molecule has 0 N–H and O–H groups in total. The Morgan fingerprint density at radius 2 is 1.35 bits per heavy atom. The van der Waals surface area contributed by atoms with E-state index in [0.29, 0.717) is 0 Å². The normalized spacial score (nSPS) is 16.8. The lowest BCUT2D eigenvalue weighted by molar-refractivity contribution is 1.03. The molecule has 0 saturated heterocycles. The summed E-state index contributed by atoms with van der Waals surface area (Å²) in [4.78, 5) is 0. The monoisotopic (exact) mass is 388 g/mol. The number of rotatable bonds is 2. The molecular formula is C18H14Br2. The molecule has 0 aliphatic heterocycles. The van der Waals surface area contributed by atoms with E-state index in [2.05, 4.69) is 98.6 Å². The largest absolute Gasteiger partial charge is 0.102 e. The molecule has 0 nitrogen and oxygen atoms in total. The van der Waals surface area contributed by atoms with Crippen molar-refractivity contribution in [2.75, 3.05) is 0 Å². The second-order valence-electron chi connectivity index (χ2n) is 4.90. The number of halogens is 2. The summed E-state index contributed by atoms with van der Waals surface area (Å²) >= 11 is 7.24. The number of benzene rings is 2. The molecule has 20 heavy (non-hydrogen) atoms. The van der Waals surface area contributed by atoms with Gasteiger partial charge in [0.25, 0.3) is 0 Å². The van der Waals surface area contributed by atoms with Gasteiger partial charge in [-0.25, -0.2) is 0 Å². The van der Waals surface area contributed by atoms with Crippen LogP contribution in [0.5, 0.6) is 0 Å². The molecule has 1 aliphatic carbocycles. The number of hydrogen-bond donors (Lipinski definition) is 0. The van der Waals surface area contributed by atoms with Gasteiger partial charge in [-0.3, -0.25) is 0 Å². The van der Waals surface area contributed by atoms with Crippen molar-refractivity contribution in [3.8, 4) is 11.1 Å². The zero-order valence-electron chi connectivity index (χ0n) is 10.9. The van der Waals surface area contributed by atoms with Gasteiger partial charge in [0, 0.05) is 0 Å². The van der Waals surface area contributed by atoms with E-state index >= 15 is 0 Å². The minimum absolute atomic E-state index is 0.0759. The summed E-state index contributed by atoms with van der Waals surface area (Å²) in [5.41, 5.74) is 5.05.